The standard InChI is InChI=1S/C28H23F4N5O4/c29-20-9-5-4-8-19(20)22(38)27(40)37-14-12-36(13-15-37)21-11-10-18(16-33-21)34-25(39)23-24(28(30,31)32)35-26(41-23)17-6-2-1-3-7-17/h1-11,16,22,38H,12-15H2,(H,34,39). The number of amides is 2. The highest BCUT2D eigenvalue weighted by atomic mass is 19.4. The molecule has 1 unspecified atom stereocenters. The lowest BCUT2D eigenvalue weighted by molar-refractivity contribution is -0.142. The van der Waals surface area contributed by atoms with Gasteiger partial charge in [0.1, 0.15) is 11.6 Å². The maximum absolute atomic E-state index is 14.0. The van der Waals surface area contributed by atoms with Gasteiger partial charge in [0, 0.05) is 37.3 Å². The summed E-state index contributed by atoms with van der Waals surface area (Å²) in [7, 11) is 0. The van der Waals surface area contributed by atoms with E-state index in [0.29, 0.717) is 18.9 Å². The van der Waals surface area contributed by atoms with Crippen LogP contribution in [0.15, 0.2) is 77.3 Å². The molecule has 1 saturated heterocycles. The van der Waals surface area contributed by atoms with Crippen molar-refractivity contribution in [1.82, 2.24) is 14.9 Å². The molecular formula is C28H23F4N5O4. The van der Waals surface area contributed by atoms with Crippen molar-refractivity contribution < 1.29 is 36.7 Å². The summed E-state index contributed by atoms with van der Waals surface area (Å²) in [6.07, 6.45) is -5.25. The van der Waals surface area contributed by atoms with Gasteiger partial charge in [0.25, 0.3) is 11.8 Å². The van der Waals surface area contributed by atoms with Gasteiger partial charge in [0.05, 0.1) is 11.9 Å². The second-order valence-corrected chi connectivity index (χ2v) is 9.16. The monoisotopic (exact) mass is 569 g/mol. The molecule has 5 rings (SSSR count). The van der Waals surface area contributed by atoms with Crippen LogP contribution in [-0.2, 0) is 11.0 Å². The fourth-order valence-corrected chi connectivity index (χ4v) is 4.36. The minimum atomic E-state index is -4.92. The zero-order chi connectivity index (χ0) is 29.1. The van der Waals surface area contributed by atoms with Gasteiger partial charge in [-0.2, -0.15) is 13.2 Å². The van der Waals surface area contributed by atoms with E-state index < -0.39 is 41.4 Å². The Hall–Kier alpha value is -4.78. The van der Waals surface area contributed by atoms with Gasteiger partial charge in [0.2, 0.25) is 11.7 Å². The molecule has 0 aliphatic carbocycles. The van der Waals surface area contributed by atoms with Crippen LogP contribution in [0, 0.1) is 5.82 Å². The first kappa shape index (κ1) is 27.8. The van der Waals surface area contributed by atoms with Gasteiger partial charge in [-0.15, -0.1) is 0 Å². The van der Waals surface area contributed by atoms with Crippen molar-refractivity contribution >= 4 is 23.3 Å². The largest absolute Gasteiger partial charge is 0.437 e. The van der Waals surface area contributed by atoms with E-state index in [-0.39, 0.29) is 35.8 Å². The third-order valence-corrected chi connectivity index (χ3v) is 6.48. The molecule has 0 radical (unpaired) electrons. The summed E-state index contributed by atoms with van der Waals surface area (Å²) < 4.78 is 59.9. The van der Waals surface area contributed by atoms with Crippen LogP contribution >= 0.6 is 0 Å². The van der Waals surface area contributed by atoms with E-state index in [2.05, 4.69) is 15.3 Å². The first-order valence-electron chi connectivity index (χ1n) is 12.5. The number of carbonyl (C=O) groups is 2. The topological polar surface area (TPSA) is 112 Å². The highest BCUT2D eigenvalue weighted by Gasteiger charge is 2.41. The summed E-state index contributed by atoms with van der Waals surface area (Å²) in [5, 5.41) is 12.7. The van der Waals surface area contributed by atoms with Crippen LogP contribution in [0.3, 0.4) is 0 Å². The zero-order valence-electron chi connectivity index (χ0n) is 21.3. The average molecular weight is 570 g/mol. The summed E-state index contributed by atoms with van der Waals surface area (Å²) in [5.41, 5.74) is -1.12. The maximum atomic E-state index is 14.0. The van der Waals surface area contributed by atoms with Gasteiger partial charge < -0.3 is 24.6 Å². The Kier molecular flexibility index (Phi) is 7.70. The van der Waals surface area contributed by atoms with E-state index in [4.69, 9.17) is 4.42 Å². The second-order valence-electron chi connectivity index (χ2n) is 9.16. The molecule has 212 valence electrons. The Morgan fingerprint density at radius 3 is 2.27 bits per heavy atom. The number of aromatic nitrogens is 2. The molecule has 2 amide bonds. The van der Waals surface area contributed by atoms with E-state index in [1.165, 1.54) is 53.6 Å². The van der Waals surface area contributed by atoms with Gasteiger partial charge in [0.15, 0.2) is 11.8 Å². The van der Waals surface area contributed by atoms with E-state index in [0.717, 1.165) is 0 Å². The van der Waals surface area contributed by atoms with Gasteiger partial charge in [-0.05, 0) is 30.3 Å². The first-order chi connectivity index (χ1) is 19.6. The van der Waals surface area contributed by atoms with Crippen molar-refractivity contribution in [1.29, 1.82) is 0 Å². The minimum Gasteiger partial charge on any atom is -0.430 e. The number of carbonyl (C=O) groups excluding carboxylic acids is 2. The Morgan fingerprint density at radius 1 is 0.951 bits per heavy atom. The van der Waals surface area contributed by atoms with E-state index in [9.17, 15) is 32.3 Å². The van der Waals surface area contributed by atoms with Gasteiger partial charge >= 0.3 is 6.18 Å². The Labute approximate surface area is 231 Å². The fourth-order valence-electron chi connectivity index (χ4n) is 4.36. The number of benzene rings is 2. The van der Waals surface area contributed by atoms with Gasteiger partial charge in [-0.25, -0.2) is 14.4 Å². The van der Waals surface area contributed by atoms with Gasteiger partial charge in [-0.1, -0.05) is 36.4 Å². The minimum absolute atomic E-state index is 0.0943. The van der Waals surface area contributed by atoms with Crippen molar-refractivity contribution in [2.24, 2.45) is 0 Å². The summed E-state index contributed by atoms with van der Waals surface area (Å²) in [6.45, 7) is 1.23. The molecule has 9 nitrogen and oxygen atoms in total. The third kappa shape index (κ3) is 6.04. The van der Waals surface area contributed by atoms with Crippen LogP contribution in [0.5, 0.6) is 0 Å². The van der Waals surface area contributed by atoms with Crippen LogP contribution in [-0.4, -0.2) is 58.0 Å². The Bertz CT molecular complexity index is 1540. The zero-order valence-corrected chi connectivity index (χ0v) is 21.3. The molecule has 0 saturated carbocycles. The average Bonchev–Trinajstić information content (AvgIpc) is 3.45. The smallest absolute Gasteiger partial charge is 0.430 e. The Balaban J connectivity index is 1.22. The molecular weight excluding hydrogens is 546 g/mol. The van der Waals surface area contributed by atoms with Crippen molar-refractivity contribution in [2.75, 3.05) is 36.4 Å². The maximum Gasteiger partial charge on any atom is 0.437 e. The molecule has 0 bridgehead atoms. The number of alkyl halides is 3. The number of pyridine rings is 1. The molecule has 13 heteroatoms. The predicted octanol–water partition coefficient (Wildman–Crippen LogP) is 4.53. The molecule has 2 N–H and O–H groups in total. The van der Waals surface area contributed by atoms with E-state index in [1.807, 2.05) is 4.90 Å². The summed E-state index contributed by atoms with van der Waals surface area (Å²) >= 11 is 0. The number of aliphatic hydroxyl groups excluding tert-OH is 1. The molecule has 1 fully saturated rings. The number of anilines is 2. The molecule has 1 aliphatic heterocycles. The fraction of sp³-hybridized carbons (Fsp3) is 0.214. The number of piperazine rings is 1. The summed E-state index contributed by atoms with van der Waals surface area (Å²) in [5.74, 6) is -3.22. The molecule has 3 heterocycles. The number of nitrogens with one attached hydrogen (secondary N) is 1. The van der Waals surface area contributed by atoms with Crippen molar-refractivity contribution in [3.05, 3.63) is 95.8 Å². The Morgan fingerprint density at radius 2 is 1.63 bits per heavy atom. The van der Waals surface area contributed by atoms with Crippen LogP contribution in [0.25, 0.3) is 11.5 Å². The molecule has 4 aromatic rings. The molecule has 41 heavy (non-hydrogen) atoms. The molecule has 1 aliphatic rings. The van der Waals surface area contributed by atoms with Crippen LogP contribution in [0.4, 0.5) is 29.1 Å². The number of aliphatic hydroxyl groups is 1. The van der Waals surface area contributed by atoms with Crippen LogP contribution in [0.2, 0.25) is 0 Å². The lowest BCUT2D eigenvalue weighted by Crippen LogP contribution is -2.50. The number of rotatable bonds is 6. The molecule has 2 aromatic carbocycles. The van der Waals surface area contributed by atoms with Crippen molar-refractivity contribution in [3.8, 4) is 11.5 Å². The van der Waals surface area contributed by atoms with E-state index in [1.54, 1.807) is 24.3 Å². The van der Waals surface area contributed by atoms with Crippen molar-refractivity contribution in [2.45, 2.75) is 12.3 Å². The molecule has 2 aromatic heterocycles. The normalized spacial score (nSPS) is 14.6. The third-order valence-electron chi connectivity index (χ3n) is 6.48. The second kappa shape index (κ2) is 11.4. The predicted molar refractivity (Wildman–Crippen MR) is 139 cm³/mol. The summed E-state index contributed by atoms with van der Waals surface area (Å²) in [4.78, 5) is 36.5. The number of hydrogen-bond acceptors (Lipinski definition) is 7. The van der Waals surface area contributed by atoms with Crippen molar-refractivity contribution in [3.63, 3.8) is 0 Å². The number of halogens is 4. The number of nitrogens with zero attached hydrogens (tertiary/aromatic N) is 4. The molecule has 1 atom stereocenters. The van der Waals surface area contributed by atoms with Gasteiger partial charge in [-0.3, -0.25) is 9.59 Å². The summed E-state index contributed by atoms with van der Waals surface area (Å²) in [6, 6.07) is 16.5. The number of hydrogen-bond donors (Lipinski definition) is 2. The molecule has 0 spiro atoms. The highest BCUT2D eigenvalue weighted by Crippen LogP contribution is 2.35. The van der Waals surface area contributed by atoms with E-state index >= 15 is 0 Å². The lowest BCUT2D eigenvalue weighted by atomic mass is 10.1. The SMILES string of the molecule is O=C(Nc1ccc(N2CCN(C(=O)C(O)c3ccccc3F)CC2)nc1)c1oc(-c2ccccc2)nc1C(F)(F)F. The highest BCUT2D eigenvalue weighted by molar-refractivity contribution is 6.03. The quantitative estimate of drug-likeness (QED) is 0.328. The first-order valence-corrected chi connectivity index (χ1v) is 12.5. The lowest BCUT2D eigenvalue weighted by Gasteiger charge is -2.36. The van der Waals surface area contributed by atoms with Crippen LogP contribution < -0.4 is 10.2 Å². The number of oxazole rings is 1. The van der Waals surface area contributed by atoms with Crippen LogP contribution in [0.1, 0.15) is 27.9 Å².